The molecule has 0 radical (unpaired) electrons. The van der Waals surface area contributed by atoms with Gasteiger partial charge in [-0.1, -0.05) is 30.3 Å². The molecule has 0 aliphatic carbocycles. The van der Waals surface area contributed by atoms with Crippen molar-refractivity contribution in [1.29, 1.82) is 0 Å². The van der Waals surface area contributed by atoms with Crippen molar-refractivity contribution in [3.05, 3.63) is 41.7 Å². The first kappa shape index (κ1) is 10.3. The van der Waals surface area contributed by atoms with Gasteiger partial charge in [0.1, 0.15) is 5.82 Å². The molecule has 2 heterocycles. The fourth-order valence-corrected chi connectivity index (χ4v) is 2.41. The van der Waals surface area contributed by atoms with Gasteiger partial charge in [-0.25, -0.2) is 4.68 Å². The molecule has 0 saturated heterocycles. The fourth-order valence-electron chi connectivity index (χ4n) is 2.41. The van der Waals surface area contributed by atoms with E-state index in [1.54, 1.807) is 0 Å². The van der Waals surface area contributed by atoms with Gasteiger partial charge in [0.05, 0.1) is 6.04 Å². The Morgan fingerprint density at radius 1 is 1.29 bits per heavy atom. The lowest BCUT2D eigenvalue weighted by Crippen LogP contribution is -2.31. The van der Waals surface area contributed by atoms with E-state index in [0.29, 0.717) is 12.1 Å². The summed E-state index contributed by atoms with van der Waals surface area (Å²) in [4.78, 5) is 4.42. The summed E-state index contributed by atoms with van der Waals surface area (Å²) in [5.74, 6) is 1.71. The van der Waals surface area contributed by atoms with Crippen molar-refractivity contribution in [2.75, 3.05) is 5.32 Å². The number of aryl methyl sites for hydroxylation is 1. The Morgan fingerprint density at radius 2 is 2.06 bits per heavy atom. The van der Waals surface area contributed by atoms with Crippen molar-refractivity contribution in [1.82, 2.24) is 14.8 Å². The molecular formula is C13H16N4. The van der Waals surface area contributed by atoms with Crippen molar-refractivity contribution in [2.24, 2.45) is 0 Å². The first-order chi connectivity index (χ1) is 8.24. The zero-order valence-electron chi connectivity index (χ0n) is 10.1. The van der Waals surface area contributed by atoms with Gasteiger partial charge in [0.15, 0.2) is 0 Å². The Bertz CT molecular complexity index is 517. The normalized spacial score (nSPS) is 22.9. The Labute approximate surface area is 101 Å². The van der Waals surface area contributed by atoms with Crippen LogP contribution in [-0.4, -0.2) is 20.8 Å². The van der Waals surface area contributed by atoms with E-state index in [4.69, 9.17) is 0 Å². The molecule has 0 bridgehead atoms. The third-order valence-electron chi connectivity index (χ3n) is 3.17. The van der Waals surface area contributed by atoms with Crippen LogP contribution in [0, 0.1) is 6.92 Å². The van der Waals surface area contributed by atoms with Gasteiger partial charge in [-0.15, -0.1) is 0 Å². The van der Waals surface area contributed by atoms with E-state index in [-0.39, 0.29) is 0 Å². The molecule has 2 atom stereocenters. The Balaban J connectivity index is 2.06. The first-order valence-corrected chi connectivity index (χ1v) is 5.98. The lowest BCUT2D eigenvalue weighted by Gasteiger charge is -2.29. The zero-order valence-corrected chi connectivity index (χ0v) is 10.1. The van der Waals surface area contributed by atoms with Gasteiger partial charge in [0.2, 0.25) is 5.95 Å². The van der Waals surface area contributed by atoms with Crippen LogP contribution in [0.1, 0.15) is 30.8 Å². The highest BCUT2D eigenvalue weighted by Crippen LogP contribution is 2.30. The second kappa shape index (κ2) is 3.87. The molecule has 1 aliphatic heterocycles. The van der Waals surface area contributed by atoms with Gasteiger partial charge in [0, 0.05) is 6.04 Å². The maximum Gasteiger partial charge on any atom is 0.222 e. The molecule has 88 valence electrons. The lowest BCUT2D eigenvalue weighted by atomic mass is 9.99. The maximum atomic E-state index is 4.49. The summed E-state index contributed by atoms with van der Waals surface area (Å²) in [5, 5.41) is 7.86. The van der Waals surface area contributed by atoms with E-state index in [0.717, 1.165) is 18.2 Å². The molecule has 0 amide bonds. The van der Waals surface area contributed by atoms with Gasteiger partial charge in [-0.2, -0.15) is 10.1 Å². The van der Waals surface area contributed by atoms with Gasteiger partial charge < -0.3 is 5.32 Å². The quantitative estimate of drug-likeness (QED) is 0.815. The van der Waals surface area contributed by atoms with Crippen LogP contribution in [0.15, 0.2) is 30.3 Å². The summed E-state index contributed by atoms with van der Waals surface area (Å²) in [6, 6.07) is 11.2. The fraction of sp³-hybridized carbons (Fsp3) is 0.385. The SMILES string of the molecule is Cc1nc2n(n1)[C@H](c1ccccc1)C[C@H](C)N2. The second-order valence-corrected chi connectivity index (χ2v) is 4.63. The summed E-state index contributed by atoms with van der Waals surface area (Å²) >= 11 is 0. The van der Waals surface area contributed by atoms with Crippen LogP contribution in [0.5, 0.6) is 0 Å². The number of fused-ring (bicyclic) bond motifs is 1. The molecule has 1 N–H and O–H groups in total. The van der Waals surface area contributed by atoms with E-state index in [1.807, 2.05) is 17.7 Å². The summed E-state index contributed by atoms with van der Waals surface area (Å²) in [6.45, 7) is 4.11. The number of nitrogens with one attached hydrogen (secondary N) is 1. The number of hydrogen-bond donors (Lipinski definition) is 1. The van der Waals surface area contributed by atoms with E-state index >= 15 is 0 Å². The highest BCUT2D eigenvalue weighted by Gasteiger charge is 2.27. The highest BCUT2D eigenvalue weighted by atomic mass is 15.4. The molecule has 2 aromatic rings. The van der Waals surface area contributed by atoms with Crippen LogP contribution in [0.2, 0.25) is 0 Å². The Hall–Kier alpha value is -1.84. The Morgan fingerprint density at radius 3 is 2.82 bits per heavy atom. The number of rotatable bonds is 1. The van der Waals surface area contributed by atoms with Crippen LogP contribution in [0.3, 0.4) is 0 Å². The van der Waals surface area contributed by atoms with Gasteiger partial charge >= 0.3 is 0 Å². The molecule has 1 aromatic carbocycles. The van der Waals surface area contributed by atoms with E-state index in [1.165, 1.54) is 5.56 Å². The predicted molar refractivity (Wildman–Crippen MR) is 67.0 cm³/mol. The topological polar surface area (TPSA) is 42.7 Å². The summed E-state index contributed by atoms with van der Waals surface area (Å²) in [5.41, 5.74) is 1.30. The molecule has 0 spiro atoms. The first-order valence-electron chi connectivity index (χ1n) is 5.98. The average Bonchev–Trinajstić information content (AvgIpc) is 2.69. The monoisotopic (exact) mass is 228 g/mol. The molecule has 4 heteroatoms. The predicted octanol–water partition coefficient (Wildman–Crippen LogP) is 2.38. The third-order valence-corrected chi connectivity index (χ3v) is 3.17. The van der Waals surface area contributed by atoms with Crippen LogP contribution in [-0.2, 0) is 0 Å². The minimum atomic E-state index is 0.295. The Kier molecular flexibility index (Phi) is 2.35. The van der Waals surface area contributed by atoms with Crippen LogP contribution >= 0.6 is 0 Å². The molecule has 3 rings (SSSR count). The van der Waals surface area contributed by atoms with E-state index < -0.39 is 0 Å². The van der Waals surface area contributed by atoms with E-state index in [2.05, 4.69) is 46.6 Å². The smallest absolute Gasteiger partial charge is 0.222 e. The third kappa shape index (κ3) is 1.79. The van der Waals surface area contributed by atoms with Crippen LogP contribution < -0.4 is 5.32 Å². The number of hydrogen-bond acceptors (Lipinski definition) is 3. The largest absolute Gasteiger partial charge is 0.352 e. The summed E-state index contributed by atoms with van der Waals surface area (Å²) in [6.07, 6.45) is 1.04. The van der Waals surface area contributed by atoms with E-state index in [9.17, 15) is 0 Å². The maximum absolute atomic E-state index is 4.49. The van der Waals surface area contributed by atoms with Gasteiger partial charge in [-0.05, 0) is 25.8 Å². The number of anilines is 1. The van der Waals surface area contributed by atoms with Gasteiger partial charge in [0.25, 0.3) is 0 Å². The number of aromatic nitrogens is 3. The molecule has 0 saturated carbocycles. The van der Waals surface area contributed by atoms with Crippen molar-refractivity contribution in [3.8, 4) is 0 Å². The lowest BCUT2D eigenvalue weighted by molar-refractivity contribution is 0.436. The molecule has 0 unspecified atom stereocenters. The second-order valence-electron chi connectivity index (χ2n) is 4.63. The minimum Gasteiger partial charge on any atom is -0.352 e. The molecule has 0 fully saturated rings. The summed E-state index contributed by atoms with van der Waals surface area (Å²) in [7, 11) is 0. The standard InChI is InChI=1S/C13H16N4/c1-9-8-12(11-6-4-3-5-7-11)17-13(14-9)15-10(2)16-17/h3-7,9,12H,8H2,1-2H3,(H,14,15,16)/t9-,12-/m0/s1. The van der Waals surface area contributed by atoms with Crippen molar-refractivity contribution in [2.45, 2.75) is 32.4 Å². The minimum absolute atomic E-state index is 0.295. The van der Waals surface area contributed by atoms with Gasteiger partial charge in [-0.3, -0.25) is 0 Å². The molecule has 4 nitrogen and oxygen atoms in total. The number of benzene rings is 1. The van der Waals surface area contributed by atoms with Crippen molar-refractivity contribution in [3.63, 3.8) is 0 Å². The van der Waals surface area contributed by atoms with Crippen LogP contribution in [0.4, 0.5) is 5.95 Å². The molecule has 1 aromatic heterocycles. The average molecular weight is 228 g/mol. The highest BCUT2D eigenvalue weighted by molar-refractivity contribution is 5.34. The zero-order chi connectivity index (χ0) is 11.8. The summed E-state index contributed by atoms with van der Waals surface area (Å²) < 4.78 is 2.00. The number of nitrogens with zero attached hydrogens (tertiary/aromatic N) is 3. The molecule has 17 heavy (non-hydrogen) atoms. The van der Waals surface area contributed by atoms with Crippen LogP contribution in [0.25, 0.3) is 0 Å². The van der Waals surface area contributed by atoms with Crippen molar-refractivity contribution >= 4 is 5.95 Å². The molecular weight excluding hydrogens is 212 g/mol. The molecule has 1 aliphatic rings. The van der Waals surface area contributed by atoms with Crippen molar-refractivity contribution < 1.29 is 0 Å².